The van der Waals surface area contributed by atoms with Crippen LogP contribution in [-0.4, -0.2) is 73.8 Å². The van der Waals surface area contributed by atoms with Crippen LogP contribution < -0.4 is 0 Å². The van der Waals surface area contributed by atoms with Crippen LogP contribution in [0.15, 0.2) is 64.6 Å². The maximum absolute atomic E-state index is 13.4. The fourth-order valence-corrected chi connectivity index (χ4v) is 5.97. The molecule has 2 aliphatic rings. The van der Waals surface area contributed by atoms with Gasteiger partial charge < -0.3 is 14.9 Å². The molecule has 0 aromatic heterocycles. The quantitative estimate of drug-likeness (QED) is 0.247. The smallest absolute Gasteiger partial charge is 0.262 e. The van der Waals surface area contributed by atoms with Crippen molar-refractivity contribution in [1.29, 1.82) is 0 Å². The van der Waals surface area contributed by atoms with Gasteiger partial charge in [0.1, 0.15) is 17.6 Å². The lowest BCUT2D eigenvalue weighted by Crippen LogP contribution is -2.82. The van der Waals surface area contributed by atoms with Crippen molar-refractivity contribution in [3.63, 3.8) is 0 Å². The Kier molecular flexibility index (Phi) is 6.74. The molecule has 4 rings (SSSR count). The molecule has 2 N–H and O–H groups in total. The van der Waals surface area contributed by atoms with Gasteiger partial charge in [-0.05, 0) is 43.6 Å². The summed E-state index contributed by atoms with van der Waals surface area (Å²) in [6, 6.07) is 12.8. The lowest BCUT2D eigenvalue weighted by atomic mass is 9.67. The highest BCUT2D eigenvalue weighted by atomic mass is 32.2. The molecule has 1 fully saturated rings. The van der Waals surface area contributed by atoms with Gasteiger partial charge in [-0.3, -0.25) is 24.1 Å². The average molecular weight is 511 g/mol. The molecular formula is C24H22N4O7S. The fourth-order valence-electron chi connectivity index (χ4n) is 4.75. The number of fused-ring (bicyclic) bond motifs is 1. The van der Waals surface area contributed by atoms with E-state index in [-0.39, 0.29) is 11.1 Å². The van der Waals surface area contributed by atoms with Crippen LogP contribution in [0.4, 0.5) is 0 Å². The maximum atomic E-state index is 13.4. The van der Waals surface area contributed by atoms with Gasteiger partial charge in [-0.1, -0.05) is 47.2 Å². The molecule has 2 heterocycles. The molecule has 2 aromatic carbocycles. The summed E-state index contributed by atoms with van der Waals surface area (Å²) in [6.07, 6.45) is -1.66. The summed E-state index contributed by atoms with van der Waals surface area (Å²) < 4.78 is 6.00. The molecule has 186 valence electrons. The van der Waals surface area contributed by atoms with Gasteiger partial charge in [-0.25, -0.2) is 0 Å². The van der Waals surface area contributed by atoms with Gasteiger partial charge in [0.15, 0.2) is 22.8 Å². The molecule has 0 spiro atoms. The zero-order chi connectivity index (χ0) is 26.3. The number of imide groups is 1. The Morgan fingerprint density at radius 1 is 1.00 bits per heavy atom. The molecule has 11 nitrogen and oxygen atoms in total. The van der Waals surface area contributed by atoms with E-state index in [0.29, 0.717) is 9.80 Å². The molecule has 0 bridgehead atoms. The number of nitrogens with zero attached hydrogens (tertiary/aromatic N) is 4. The summed E-state index contributed by atoms with van der Waals surface area (Å²) in [5.74, 6) is -3.78. The Morgan fingerprint density at radius 2 is 1.53 bits per heavy atom. The molecule has 0 saturated carbocycles. The number of ketones is 2. The van der Waals surface area contributed by atoms with Crippen molar-refractivity contribution in [2.45, 2.75) is 47.5 Å². The second-order valence-electron chi connectivity index (χ2n) is 8.45. The number of hydrogen-bond acceptors (Lipinski definition) is 9. The molecule has 2 aromatic rings. The van der Waals surface area contributed by atoms with E-state index < -0.39 is 58.7 Å². The van der Waals surface area contributed by atoms with Gasteiger partial charge in [0.05, 0.1) is 17.7 Å². The van der Waals surface area contributed by atoms with Crippen molar-refractivity contribution in [2.75, 3.05) is 6.54 Å². The molecule has 2 aliphatic heterocycles. The van der Waals surface area contributed by atoms with Crippen LogP contribution in [0.5, 0.6) is 0 Å². The molecule has 0 aliphatic carbocycles. The predicted molar refractivity (Wildman–Crippen MR) is 127 cm³/mol. The number of ether oxygens (including phenoxy) is 1. The number of thioether (sulfide) groups is 1. The second kappa shape index (κ2) is 9.49. The van der Waals surface area contributed by atoms with Crippen LogP contribution in [0.2, 0.25) is 0 Å². The van der Waals surface area contributed by atoms with Crippen molar-refractivity contribution in [3.05, 3.63) is 76.2 Å². The SMILES string of the molecule is CC(=O)[C@@]1(O)[C@@H](N2C(=O)c3ccccc3C2=O)[C@H](Sc2ccccc2)O[C@H](CN=[N+]=[N-])[C@]1(O)C(C)=O. The van der Waals surface area contributed by atoms with E-state index in [1.54, 1.807) is 42.5 Å². The first-order chi connectivity index (χ1) is 17.1. The van der Waals surface area contributed by atoms with E-state index in [9.17, 15) is 29.4 Å². The summed E-state index contributed by atoms with van der Waals surface area (Å²) in [5.41, 5.74) is 1.66. The molecule has 1 saturated heterocycles. The highest BCUT2D eigenvalue weighted by molar-refractivity contribution is 7.99. The van der Waals surface area contributed by atoms with Crippen LogP contribution in [0.25, 0.3) is 10.4 Å². The van der Waals surface area contributed by atoms with Crippen LogP contribution >= 0.6 is 11.8 Å². The minimum Gasteiger partial charge on any atom is -0.377 e. The van der Waals surface area contributed by atoms with E-state index in [0.717, 1.165) is 25.6 Å². The molecule has 12 heteroatoms. The first kappa shape index (κ1) is 25.5. The second-order valence-corrected chi connectivity index (χ2v) is 9.63. The Hall–Kier alpha value is -3.54. The van der Waals surface area contributed by atoms with Crippen molar-refractivity contribution in [3.8, 4) is 0 Å². The maximum Gasteiger partial charge on any atom is 0.262 e. The van der Waals surface area contributed by atoms with Gasteiger partial charge >= 0.3 is 0 Å². The lowest BCUT2D eigenvalue weighted by molar-refractivity contribution is -0.257. The zero-order valence-corrected chi connectivity index (χ0v) is 20.1. The number of amides is 2. The third kappa shape index (κ3) is 3.71. The molecule has 36 heavy (non-hydrogen) atoms. The van der Waals surface area contributed by atoms with E-state index in [1.165, 1.54) is 12.1 Å². The number of hydrogen-bond donors (Lipinski definition) is 2. The molecular weight excluding hydrogens is 488 g/mol. The van der Waals surface area contributed by atoms with Gasteiger partial charge in [-0.15, -0.1) is 0 Å². The van der Waals surface area contributed by atoms with Gasteiger partial charge in [0.2, 0.25) is 0 Å². The number of aliphatic hydroxyl groups is 2. The third-order valence-corrected chi connectivity index (χ3v) is 7.66. The number of carbonyl (C=O) groups is 4. The number of benzene rings is 2. The summed E-state index contributed by atoms with van der Waals surface area (Å²) in [7, 11) is 0. The molecule has 0 radical (unpaired) electrons. The zero-order valence-electron chi connectivity index (χ0n) is 19.3. The number of rotatable bonds is 7. The van der Waals surface area contributed by atoms with E-state index in [1.807, 2.05) is 0 Å². The fraction of sp³-hybridized carbons (Fsp3) is 0.333. The van der Waals surface area contributed by atoms with Crippen LogP contribution in [-0.2, 0) is 14.3 Å². The van der Waals surface area contributed by atoms with Crippen LogP contribution in [0.3, 0.4) is 0 Å². The van der Waals surface area contributed by atoms with Crippen molar-refractivity contribution < 1.29 is 34.1 Å². The summed E-state index contributed by atoms with van der Waals surface area (Å²) >= 11 is 0.974. The largest absolute Gasteiger partial charge is 0.377 e. The van der Waals surface area contributed by atoms with E-state index in [4.69, 9.17) is 10.3 Å². The Bertz CT molecular complexity index is 1260. The monoisotopic (exact) mass is 510 g/mol. The van der Waals surface area contributed by atoms with E-state index >= 15 is 0 Å². The number of carbonyl (C=O) groups excluding carboxylic acids is 4. The standard InChI is InChI=1S/C24H22N4O7S/c1-13(29)23(33)18(12-26-27-25)35-22(36-15-8-4-3-5-9-15)19(24(23,34)14(2)30)28-20(31)16-10-6-7-11-17(16)21(28)32/h3-11,18-19,22,33-34H,12H2,1-2H3/t18-,19+,22+,23-,24-/m1/s1. The van der Waals surface area contributed by atoms with Crippen molar-refractivity contribution in [2.24, 2.45) is 5.11 Å². The number of azide groups is 1. The highest BCUT2D eigenvalue weighted by Gasteiger charge is 2.72. The Balaban J connectivity index is 1.95. The van der Waals surface area contributed by atoms with Crippen LogP contribution in [0.1, 0.15) is 34.6 Å². The Morgan fingerprint density at radius 3 is 2.03 bits per heavy atom. The molecule has 5 atom stereocenters. The van der Waals surface area contributed by atoms with Crippen molar-refractivity contribution in [1.82, 2.24) is 4.90 Å². The summed E-state index contributed by atoms with van der Waals surface area (Å²) in [6.45, 7) is 1.27. The summed E-state index contributed by atoms with van der Waals surface area (Å²) in [5, 5.41) is 27.0. The van der Waals surface area contributed by atoms with E-state index in [2.05, 4.69) is 10.0 Å². The molecule has 0 unspecified atom stereocenters. The number of Topliss-reactive ketones (excluding diaryl/α,β-unsaturated/α-hetero) is 2. The minimum atomic E-state index is -2.99. The minimum absolute atomic E-state index is 0.0411. The highest BCUT2D eigenvalue weighted by Crippen LogP contribution is 2.48. The Labute approximate surface area is 209 Å². The predicted octanol–water partition coefficient (Wildman–Crippen LogP) is 2.12. The average Bonchev–Trinajstić information content (AvgIpc) is 3.11. The van der Waals surface area contributed by atoms with Gasteiger partial charge in [0, 0.05) is 9.81 Å². The topological polar surface area (TPSA) is 170 Å². The molecule has 2 amide bonds. The first-order valence-corrected chi connectivity index (χ1v) is 11.8. The normalized spacial score (nSPS) is 29.4. The third-order valence-electron chi connectivity index (χ3n) is 6.51. The summed E-state index contributed by atoms with van der Waals surface area (Å²) in [4.78, 5) is 56.7. The van der Waals surface area contributed by atoms with Gasteiger partial charge in [-0.2, -0.15) is 0 Å². The first-order valence-electron chi connectivity index (χ1n) is 10.9. The van der Waals surface area contributed by atoms with Crippen LogP contribution in [0, 0.1) is 0 Å². The van der Waals surface area contributed by atoms with Gasteiger partial charge in [0.25, 0.3) is 11.8 Å². The lowest BCUT2D eigenvalue weighted by Gasteiger charge is -2.56. The van der Waals surface area contributed by atoms with Crippen molar-refractivity contribution >= 4 is 35.1 Å².